The van der Waals surface area contributed by atoms with Crippen LogP contribution in [0.3, 0.4) is 0 Å². The topological polar surface area (TPSA) is 86.8 Å². The van der Waals surface area contributed by atoms with E-state index in [4.69, 9.17) is 0 Å². The molecule has 4 rings (SSSR count). The van der Waals surface area contributed by atoms with Gasteiger partial charge in [0.1, 0.15) is 12.6 Å². The van der Waals surface area contributed by atoms with Crippen LogP contribution >= 0.6 is 15.9 Å². The maximum absolute atomic E-state index is 14.2. The van der Waals surface area contributed by atoms with Crippen LogP contribution in [0.4, 0.5) is 5.69 Å². The second-order valence-electron chi connectivity index (χ2n) is 9.63. The lowest BCUT2D eigenvalue weighted by molar-refractivity contribution is -0.139. The Morgan fingerprint density at radius 2 is 1.44 bits per heavy atom. The average Bonchev–Trinajstić information content (AvgIpc) is 2.98. The quantitative estimate of drug-likeness (QED) is 0.242. The number of nitrogens with zero attached hydrogens (tertiary/aromatic N) is 2. The Hall–Kier alpha value is -3.95. The number of benzene rings is 4. The third-order valence-corrected chi connectivity index (χ3v) is 8.99. The second-order valence-corrected chi connectivity index (χ2v) is 12.4. The Labute approximate surface area is 250 Å². The molecule has 7 nitrogen and oxygen atoms in total. The molecule has 0 saturated heterocycles. The normalized spacial score (nSPS) is 11.9. The number of carbonyl (C=O) groups is 2. The minimum absolute atomic E-state index is 0.0630. The van der Waals surface area contributed by atoms with Gasteiger partial charge in [0.2, 0.25) is 11.8 Å². The maximum atomic E-state index is 14.2. The summed E-state index contributed by atoms with van der Waals surface area (Å²) in [6, 6.07) is 31.0. The lowest BCUT2D eigenvalue weighted by Crippen LogP contribution is -2.53. The molecule has 0 spiro atoms. The number of carbonyl (C=O) groups excluding carboxylic acids is 2. The van der Waals surface area contributed by atoms with Gasteiger partial charge in [-0.25, -0.2) is 8.42 Å². The van der Waals surface area contributed by atoms with Crippen molar-refractivity contribution in [2.45, 2.75) is 30.8 Å². The molecule has 0 aromatic heterocycles. The monoisotopic (exact) mass is 633 g/mol. The first-order valence-corrected chi connectivity index (χ1v) is 15.4. The Bertz CT molecular complexity index is 1580. The van der Waals surface area contributed by atoms with Crippen molar-refractivity contribution in [3.8, 4) is 0 Å². The molecule has 0 heterocycles. The molecule has 0 aliphatic heterocycles. The van der Waals surface area contributed by atoms with Gasteiger partial charge in [0.15, 0.2) is 0 Å². The number of likely N-dealkylation sites (N-methyl/N-ethyl adjacent to an activating group) is 1. The fraction of sp³-hybridized carbons (Fsp3) is 0.188. The van der Waals surface area contributed by atoms with Gasteiger partial charge in [-0.05, 0) is 54.4 Å². The molecule has 0 bridgehead atoms. The minimum Gasteiger partial charge on any atom is -0.357 e. The Morgan fingerprint density at radius 1 is 0.829 bits per heavy atom. The zero-order chi connectivity index (χ0) is 29.4. The molecule has 0 aliphatic carbocycles. The highest BCUT2D eigenvalue weighted by molar-refractivity contribution is 9.10. The van der Waals surface area contributed by atoms with Gasteiger partial charge >= 0.3 is 0 Å². The van der Waals surface area contributed by atoms with E-state index in [2.05, 4.69) is 21.2 Å². The molecule has 9 heteroatoms. The van der Waals surface area contributed by atoms with E-state index in [1.807, 2.05) is 61.5 Å². The Morgan fingerprint density at radius 3 is 2.05 bits per heavy atom. The smallest absolute Gasteiger partial charge is 0.264 e. The Kier molecular flexibility index (Phi) is 9.96. The zero-order valence-electron chi connectivity index (χ0n) is 22.9. The van der Waals surface area contributed by atoms with Crippen LogP contribution in [-0.4, -0.2) is 44.8 Å². The first kappa shape index (κ1) is 30.0. The van der Waals surface area contributed by atoms with Crippen molar-refractivity contribution >= 4 is 43.5 Å². The molecular weight excluding hydrogens is 602 g/mol. The fourth-order valence-electron chi connectivity index (χ4n) is 4.58. The van der Waals surface area contributed by atoms with Crippen LogP contribution in [0.15, 0.2) is 119 Å². The summed E-state index contributed by atoms with van der Waals surface area (Å²) in [5.74, 6) is -0.838. The largest absolute Gasteiger partial charge is 0.357 e. The molecule has 41 heavy (non-hydrogen) atoms. The summed E-state index contributed by atoms with van der Waals surface area (Å²) in [5, 5.41) is 2.70. The van der Waals surface area contributed by atoms with Crippen LogP contribution in [0.5, 0.6) is 0 Å². The number of aryl methyl sites for hydroxylation is 1. The van der Waals surface area contributed by atoms with Crippen LogP contribution < -0.4 is 9.62 Å². The van der Waals surface area contributed by atoms with E-state index in [1.165, 1.54) is 24.1 Å². The van der Waals surface area contributed by atoms with Crippen molar-refractivity contribution in [3.63, 3.8) is 0 Å². The first-order valence-electron chi connectivity index (χ1n) is 13.1. The van der Waals surface area contributed by atoms with Gasteiger partial charge in [0.05, 0.1) is 10.6 Å². The standard InChI is InChI=1S/C32H32BrN3O4S/c1-24-10-9-13-26(20-24)22-35(30(32(38)34-2)21-25-11-5-3-6-12-25)31(37)23-36(28-18-16-27(33)17-19-28)41(39,40)29-14-7-4-8-15-29/h3-20,30H,21-23H2,1-2H3,(H,34,38). The molecule has 0 saturated carbocycles. The number of hydrogen-bond acceptors (Lipinski definition) is 4. The number of hydrogen-bond donors (Lipinski definition) is 1. The van der Waals surface area contributed by atoms with Crippen LogP contribution in [0.1, 0.15) is 16.7 Å². The summed E-state index contributed by atoms with van der Waals surface area (Å²) >= 11 is 3.39. The van der Waals surface area contributed by atoms with Crippen molar-refractivity contribution < 1.29 is 18.0 Å². The van der Waals surface area contributed by atoms with E-state index >= 15 is 0 Å². The lowest BCUT2D eigenvalue weighted by atomic mass is 10.0. The third-order valence-electron chi connectivity index (χ3n) is 6.68. The molecule has 0 aliphatic rings. The van der Waals surface area contributed by atoms with Crippen molar-refractivity contribution in [1.82, 2.24) is 10.2 Å². The fourth-order valence-corrected chi connectivity index (χ4v) is 6.28. The Balaban J connectivity index is 1.78. The van der Waals surface area contributed by atoms with Gasteiger partial charge in [-0.3, -0.25) is 13.9 Å². The van der Waals surface area contributed by atoms with Crippen molar-refractivity contribution in [3.05, 3.63) is 130 Å². The summed E-state index contributed by atoms with van der Waals surface area (Å²) in [6.45, 7) is 1.59. The van der Waals surface area contributed by atoms with Crippen LogP contribution in [0.25, 0.3) is 0 Å². The molecule has 0 fully saturated rings. The molecule has 4 aromatic rings. The summed E-state index contributed by atoms with van der Waals surface area (Å²) in [7, 11) is -2.58. The maximum Gasteiger partial charge on any atom is 0.264 e. The average molecular weight is 635 g/mol. The van der Waals surface area contributed by atoms with E-state index in [-0.39, 0.29) is 23.8 Å². The van der Waals surface area contributed by atoms with Gasteiger partial charge in [-0.1, -0.05) is 94.3 Å². The van der Waals surface area contributed by atoms with E-state index in [0.717, 1.165) is 25.5 Å². The number of sulfonamides is 1. The van der Waals surface area contributed by atoms with Gasteiger partial charge in [-0.15, -0.1) is 0 Å². The number of anilines is 1. The number of rotatable bonds is 11. The molecule has 212 valence electrons. The number of nitrogens with one attached hydrogen (secondary N) is 1. The highest BCUT2D eigenvalue weighted by atomic mass is 79.9. The van der Waals surface area contributed by atoms with E-state index in [1.54, 1.807) is 42.5 Å². The summed E-state index contributed by atoms with van der Waals surface area (Å²) in [6.07, 6.45) is 0.266. The van der Waals surface area contributed by atoms with Gasteiger partial charge in [0, 0.05) is 24.5 Å². The van der Waals surface area contributed by atoms with Gasteiger partial charge in [0.25, 0.3) is 10.0 Å². The number of halogens is 1. The molecule has 1 atom stereocenters. The predicted molar refractivity (Wildman–Crippen MR) is 165 cm³/mol. The van der Waals surface area contributed by atoms with Crippen LogP contribution in [-0.2, 0) is 32.6 Å². The SMILES string of the molecule is CNC(=O)C(Cc1ccccc1)N(Cc1cccc(C)c1)C(=O)CN(c1ccc(Br)cc1)S(=O)(=O)c1ccccc1. The molecule has 2 amide bonds. The summed E-state index contributed by atoms with van der Waals surface area (Å²) in [5.41, 5.74) is 3.06. The van der Waals surface area contributed by atoms with Gasteiger partial charge < -0.3 is 10.2 Å². The molecule has 4 aromatic carbocycles. The van der Waals surface area contributed by atoms with Crippen LogP contribution in [0.2, 0.25) is 0 Å². The highest BCUT2D eigenvalue weighted by Crippen LogP contribution is 2.26. The van der Waals surface area contributed by atoms with Crippen molar-refractivity contribution in [2.75, 3.05) is 17.9 Å². The minimum atomic E-state index is -4.12. The van der Waals surface area contributed by atoms with E-state index in [9.17, 15) is 18.0 Å². The zero-order valence-corrected chi connectivity index (χ0v) is 25.3. The first-order chi connectivity index (χ1) is 19.7. The van der Waals surface area contributed by atoms with E-state index in [0.29, 0.717) is 5.69 Å². The molecule has 0 radical (unpaired) electrons. The predicted octanol–water partition coefficient (Wildman–Crippen LogP) is 5.34. The molecular formula is C32H32BrN3O4S. The summed E-state index contributed by atoms with van der Waals surface area (Å²) in [4.78, 5) is 29.1. The second kappa shape index (κ2) is 13.6. The van der Waals surface area contributed by atoms with Gasteiger partial charge in [-0.2, -0.15) is 0 Å². The summed E-state index contributed by atoms with van der Waals surface area (Å²) < 4.78 is 29.7. The highest BCUT2D eigenvalue weighted by Gasteiger charge is 2.34. The molecule has 1 unspecified atom stereocenters. The molecule has 1 N–H and O–H groups in total. The van der Waals surface area contributed by atoms with Crippen LogP contribution in [0, 0.1) is 6.92 Å². The van der Waals surface area contributed by atoms with Crippen molar-refractivity contribution in [1.29, 1.82) is 0 Å². The van der Waals surface area contributed by atoms with E-state index < -0.39 is 28.5 Å². The van der Waals surface area contributed by atoms with Crippen molar-refractivity contribution in [2.24, 2.45) is 0 Å². The number of amides is 2. The third kappa shape index (κ3) is 7.62. The lowest BCUT2D eigenvalue weighted by Gasteiger charge is -2.33.